The largest absolute Gasteiger partial charge is 0.496 e. The summed E-state index contributed by atoms with van der Waals surface area (Å²) in [7, 11) is 3.30. The Hall–Kier alpha value is -3.25. The number of likely N-dealkylation sites (tertiary alicyclic amines) is 1. The van der Waals surface area contributed by atoms with Crippen molar-refractivity contribution in [3.63, 3.8) is 0 Å². The number of nitrogens with zero attached hydrogens (tertiary/aromatic N) is 2. The number of aromatic nitrogens is 1. The number of benzene rings is 2. The number of rotatable bonds is 7. The quantitative estimate of drug-likeness (QED) is 0.479. The van der Waals surface area contributed by atoms with E-state index in [0.717, 1.165) is 59.6 Å². The number of halogens is 1. The third kappa shape index (κ3) is 4.50. The van der Waals surface area contributed by atoms with Gasteiger partial charge in [-0.2, -0.15) is 0 Å². The van der Waals surface area contributed by atoms with E-state index < -0.39 is 0 Å². The summed E-state index contributed by atoms with van der Waals surface area (Å²) < 4.78 is 24.6. The van der Waals surface area contributed by atoms with E-state index in [1.54, 1.807) is 26.4 Å². The molecule has 0 spiro atoms. The van der Waals surface area contributed by atoms with Crippen LogP contribution in [0.3, 0.4) is 0 Å². The molecule has 0 bridgehead atoms. The topological polar surface area (TPSA) is 51.7 Å². The van der Waals surface area contributed by atoms with Crippen LogP contribution < -0.4 is 9.47 Å². The molecule has 0 saturated carbocycles. The second-order valence-electron chi connectivity index (χ2n) is 7.92. The van der Waals surface area contributed by atoms with Gasteiger partial charge in [-0.05, 0) is 67.8 Å². The van der Waals surface area contributed by atoms with Crippen molar-refractivity contribution in [2.24, 2.45) is 0 Å². The number of carbonyl (C=O) groups is 1. The van der Waals surface area contributed by atoms with E-state index in [1.165, 1.54) is 12.1 Å². The van der Waals surface area contributed by atoms with Crippen molar-refractivity contribution in [1.82, 2.24) is 9.88 Å². The fraction of sp³-hybridized carbons (Fsp3) is 0.308. The molecule has 3 aromatic rings. The predicted molar refractivity (Wildman–Crippen MR) is 121 cm³/mol. The highest BCUT2D eigenvalue weighted by Crippen LogP contribution is 2.43. The van der Waals surface area contributed by atoms with Gasteiger partial charge in [-0.3, -0.25) is 9.88 Å². The molecule has 0 N–H and O–H groups in total. The Morgan fingerprint density at radius 1 is 1.00 bits per heavy atom. The van der Waals surface area contributed by atoms with Gasteiger partial charge in [-0.1, -0.05) is 12.1 Å². The van der Waals surface area contributed by atoms with Crippen LogP contribution in [0.2, 0.25) is 0 Å². The molecule has 1 aromatic heterocycles. The highest BCUT2D eigenvalue weighted by molar-refractivity contribution is 5.60. The third-order valence-corrected chi connectivity index (χ3v) is 6.05. The molecule has 1 aliphatic rings. The van der Waals surface area contributed by atoms with Crippen LogP contribution in [0.25, 0.3) is 11.3 Å². The van der Waals surface area contributed by atoms with E-state index >= 15 is 0 Å². The zero-order chi connectivity index (χ0) is 22.5. The first kappa shape index (κ1) is 22.0. The van der Waals surface area contributed by atoms with E-state index in [-0.39, 0.29) is 17.9 Å². The molecule has 2 unspecified atom stereocenters. The van der Waals surface area contributed by atoms with Crippen molar-refractivity contribution < 1.29 is 18.7 Å². The van der Waals surface area contributed by atoms with Gasteiger partial charge in [0.1, 0.15) is 23.6 Å². The van der Waals surface area contributed by atoms with E-state index in [2.05, 4.69) is 4.90 Å². The lowest BCUT2D eigenvalue weighted by Crippen LogP contribution is -2.42. The van der Waals surface area contributed by atoms with Gasteiger partial charge in [0.05, 0.1) is 37.2 Å². The highest BCUT2D eigenvalue weighted by atomic mass is 19.1. The number of methoxy groups -OCH3 is 2. The molecule has 1 aliphatic heterocycles. The number of piperidine rings is 1. The lowest BCUT2D eigenvalue weighted by Gasteiger charge is -2.40. The van der Waals surface area contributed by atoms with E-state index in [9.17, 15) is 9.18 Å². The number of aldehydes is 1. The molecule has 0 radical (unpaired) electrons. The van der Waals surface area contributed by atoms with Crippen LogP contribution in [0.5, 0.6) is 11.5 Å². The predicted octanol–water partition coefficient (Wildman–Crippen LogP) is 5.20. The number of hydrogen-bond donors (Lipinski definition) is 0. The Morgan fingerprint density at radius 2 is 1.69 bits per heavy atom. The van der Waals surface area contributed by atoms with Gasteiger partial charge in [-0.15, -0.1) is 0 Å². The summed E-state index contributed by atoms with van der Waals surface area (Å²) in [6.07, 6.45) is 3.65. The summed E-state index contributed by atoms with van der Waals surface area (Å²) in [6, 6.07) is 17.6. The Morgan fingerprint density at radius 3 is 2.34 bits per heavy atom. The molecule has 1 fully saturated rings. The summed E-state index contributed by atoms with van der Waals surface area (Å²) >= 11 is 0. The molecular formula is C26H27FN2O3. The van der Waals surface area contributed by atoms with Crippen molar-refractivity contribution in [3.05, 3.63) is 77.7 Å². The number of hydrogen-bond acceptors (Lipinski definition) is 5. The lowest BCUT2D eigenvalue weighted by atomic mass is 9.89. The van der Waals surface area contributed by atoms with Crippen molar-refractivity contribution in [1.29, 1.82) is 0 Å². The lowest BCUT2D eigenvalue weighted by molar-refractivity contribution is -0.115. The average molecular weight is 435 g/mol. The van der Waals surface area contributed by atoms with Gasteiger partial charge in [0, 0.05) is 18.2 Å². The minimum absolute atomic E-state index is 0.0404. The molecule has 32 heavy (non-hydrogen) atoms. The molecule has 4 rings (SSSR count). The van der Waals surface area contributed by atoms with E-state index in [1.807, 2.05) is 36.4 Å². The van der Waals surface area contributed by atoms with Crippen LogP contribution in [0, 0.1) is 5.82 Å². The normalized spacial score (nSPS) is 18.8. The first-order valence-electron chi connectivity index (χ1n) is 10.8. The maximum absolute atomic E-state index is 13.3. The molecule has 2 aromatic carbocycles. The number of ether oxygens (including phenoxy) is 2. The monoisotopic (exact) mass is 434 g/mol. The van der Waals surface area contributed by atoms with Crippen molar-refractivity contribution in [2.75, 3.05) is 14.2 Å². The van der Waals surface area contributed by atoms with Crippen LogP contribution in [0.4, 0.5) is 4.39 Å². The zero-order valence-corrected chi connectivity index (χ0v) is 18.3. The molecule has 5 nitrogen and oxygen atoms in total. The van der Waals surface area contributed by atoms with Gasteiger partial charge in [0.2, 0.25) is 0 Å². The van der Waals surface area contributed by atoms with Gasteiger partial charge in [-0.25, -0.2) is 4.39 Å². The zero-order valence-electron chi connectivity index (χ0n) is 18.3. The molecule has 1 saturated heterocycles. The minimum atomic E-state index is -0.277. The van der Waals surface area contributed by atoms with Gasteiger partial charge in [0.25, 0.3) is 0 Å². The van der Waals surface area contributed by atoms with Crippen molar-refractivity contribution in [2.45, 2.75) is 37.9 Å². The van der Waals surface area contributed by atoms with Crippen molar-refractivity contribution in [3.8, 4) is 22.8 Å². The Bertz CT molecular complexity index is 1050. The molecular weight excluding hydrogens is 407 g/mol. The van der Waals surface area contributed by atoms with E-state index in [4.69, 9.17) is 14.5 Å². The fourth-order valence-corrected chi connectivity index (χ4v) is 4.51. The average Bonchev–Trinajstić information content (AvgIpc) is 2.84. The molecule has 0 amide bonds. The van der Waals surface area contributed by atoms with Crippen LogP contribution in [0.15, 0.2) is 60.7 Å². The molecule has 2 heterocycles. The standard InChI is InChI=1S/C26H27FN2O3/c1-31-24-10-5-11-25(32-2)26(24)23-9-4-7-21(17-30)29(23)16-20-6-3-8-22(28-20)18-12-14-19(27)15-13-18/h3,5-6,8,10-15,17,21,23H,4,7,9,16H2,1-2H3. The van der Waals surface area contributed by atoms with E-state index in [0.29, 0.717) is 6.54 Å². The maximum atomic E-state index is 13.3. The van der Waals surface area contributed by atoms with Crippen LogP contribution in [-0.2, 0) is 11.3 Å². The smallest absolute Gasteiger partial charge is 0.137 e. The number of pyridine rings is 1. The second kappa shape index (κ2) is 9.92. The summed E-state index contributed by atoms with van der Waals surface area (Å²) in [4.78, 5) is 19.0. The van der Waals surface area contributed by atoms with Crippen molar-refractivity contribution >= 4 is 6.29 Å². The van der Waals surface area contributed by atoms with Gasteiger partial charge in [0.15, 0.2) is 0 Å². The third-order valence-electron chi connectivity index (χ3n) is 6.05. The van der Waals surface area contributed by atoms with Gasteiger partial charge < -0.3 is 14.3 Å². The molecule has 0 aliphatic carbocycles. The number of carbonyl (C=O) groups excluding carboxylic acids is 1. The highest BCUT2D eigenvalue weighted by Gasteiger charge is 2.35. The first-order valence-corrected chi connectivity index (χ1v) is 10.8. The fourth-order valence-electron chi connectivity index (χ4n) is 4.51. The second-order valence-corrected chi connectivity index (χ2v) is 7.92. The first-order chi connectivity index (χ1) is 15.6. The summed E-state index contributed by atoms with van der Waals surface area (Å²) in [5.74, 6) is 1.22. The van der Waals surface area contributed by atoms with Crippen LogP contribution >= 0.6 is 0 Å². The van der Waals surface area contributed by atoms with Crippen LogP contribution in [-0.4, -0.2) is 36.4 Å². The molecule has 6 heteroatoms. The maximum Gasteiger partial charge on any atom is 0.137 e. The summed E-state index contributed by atoms with van der Waals surface area (Å²) in [6.45, 7) is 0.504. The Balaban J connectivity index is 1.70. The minimum Gasteiger partial charge on any atom is -0.496 e. The van der Waals surface area contributed by atoms with Gasteiger partial charge >= 0.3 is 0 Å². The summed E-state index contributed by atoms with van der Waals surface area (Å²) in [5, 5.41) is 0. The Kier molecular flexibility index (Phi) is 6.81. The van der Waals surface area contributed by atoms with Crippen LogP contribution in [0.1, 0.15) is 36.6 Å². The SMILES string of the molecule is COc1cccc(OC)c1C1CCCC(C=O)N1Cc1cccc(-c2ccc(F)cc2)n1. The Labute approximate surface area is 187 Å². The molecule has 166 valence electrons. The summed E-state index contributed by atoms with van der Waals surface area (Å²) in [5.41, 5.74) is 3.42. The molecule has 2 atom stereocenters.